The van der Waals surface area contributed by atoms with Gasteiger partial charge in [0, 0.05) is 10.8 Å². The molecule has 6 nitrogen and oxygen atoms in total. The maximum Gasteiger partial charge on any atom is 0.286 e. The summed E-state index contributed by atoms with van der Waals surface area (Å²) < 4.78 is 26.7. The number of halogens is 1. The van der Waals surface area contributed by atoms with Crippen LogP contribution in [-0.4, -0.2) is 22.6 Å². The van der Waals surface area contributed by atoms with Crippen LogP contribution in [0, 0.1) is 0 Å². The second-order valence-electron chi connectivity index (χ2n) is 6.02. The van der Waals surface area contributed by atoms with Gasteiger partial charge in [0.15, 0.2) is 0 Å². The number of benzene rings is 3. The first-order valence-electron chi connectivity index (χ1n) is 8.28. The first-order valence-corrected chi connectivity index (χ1v) is 11.1. The molecule has 4 rings (SSSR count). The largest absolute Gasteiger partial charge is 0.367 e. The molecule has 0 bridgehead atoms. The first-order chi connectivity index (χ1) is 13.4. The highest BCUT2D eigenvalue weighted by molar-refractivity contribution is 7.98. The Morgan fingerprint density at radius 2 is 1.71 bits per heavy atom. The molecular weight excluding hydrogens is 416 g/mol. The average molecular weight is 431 g/mol. The monoisotopic (exact) mass is 430 g/mol. The van der Waals surface area contributed by atoms with E-state index in [0.29, 0.717) is 10.8 Å². The van der Waals surface area contributed by atoms with Gasteiger partial charge >= 0.3 is 0 Å². The van der Waals surface area contributed by atoms with Crippen molar-refractivity contribution in [2.45, 2.75) is 15.8 Å². The van der Waals surface area contributed by atoms with Crippen molar-refractivity contribution >= 4 is 50.1 Å². The Kier molecular flexibility index (Phi) is 5.01. The molecular formula is C19H15ClN4O2S2. The van der Waals surface area contributed by atoms with Crippen LogP contribution in [0.3, 0.4) is 0 Å². The number of nitrogens with zero attached hydrogens (tertiary/aromatic N) is 3. The Balaban J connectivity index is 1.61. The summed E-state index contributed by atoms with van der Waals surface area (Å²) in [5.74, 6) is 0.392. The van der Waals surface area contributed by atoms with E-state index in [1.165, 1.54) is 11.8 Å². The molecule has 28 heavy (non-hydrogen) atoms. The Hall–Kier alpha value is -2.55. The molecule has 1 aromatic heterocycles. The van der Waals surface area contributed by atoms with E-state index >= 15 is 0 Å². The van der Waals surface area contributed by atoms with E-state index in [-0.39, 0.29) is 16.0 Å². The molecule has 9 heteroatoms. The number of fused-ring (bicyclic) bond motifs is 1. The minimum absolute atomic E-state index is 0.108. The van der Waals surface area contributed by atoms with Gasteiger partial charge in [0.1, 0.15) is 0 Å². The molecule has 2 N–H and O–H groups in total. The molecule has 0 aliphatic rings. The molecule has 0 unspecified atom stereocenters. The molecule has 0 atom stereocenters. The van der Waals surface area contributed by atoms with Crippen molar-refractivity contribution in [1.82, 2.24) is 14.2 Å². The maximum atomic E-state index is 13.0. The second-order valence-corrected chi connectivity index (χ2v) is 9.17. The molecule has 1 heterocycles. The van der Waals surface area contributed by atoms with E-state index in [4.69, 9.17) is 17.3 Å². The summed E-state index contributed by atoms with van der Waals surface area (Å²) in [6.45, 7) is 0. The molecule has 0 saturated heterocycles. The number of thioether (sulfide) groups is 1. The van der Waals surface area contributed by atoms with E-state index in [2.05, 4.69) is 10.1 Å². The van der Waals surface area contributed by atoms with E-state index < -0.39 is 10.0 Å². The van der Waals surface area contributed by atoms with E-state index in [0.717, 1.165) is 20.4 Å². The summed E-state index contributed by atoms with van der Waals surface area (Å²) >= 11 is 7.18. The van der Waals surface area contributed by atoms with Crippen molar-refractivity contribution in [3.05, 3.63) is 77.3 Å². The van der Waals surface area contributed by atoms with Crippen molar-refractivity contribution in [2.75, 3.05) is 5.73 Å². The van der Waals surface area contributed by atoms with E-state index in [1.54, 1.807) is 30.3 Å². The average Bonchev–Trinajstić information content (AvgIpc) is 3.08. The zero-order valence-electron chi connectivity index (χ0n) is 14.5. The molecule has 4 aromatic rings. The smallest absolute Gasteiger partial charge is 0.286 e. The zero-order chi connectivity index (χ0) is 19.7. The molecule has 0 aliphatic heterocycles. The van der Waals surface area contributed by atoms with Crippen LogP contribution in [0.4, 0.5) is 5.95 Å². The summed E-state index contributed by atoms with van der Waals surface area (Å²) in [5, 5.41) is 6.81. The molecule has 142 valence electrons. The van der Waals surface area contributed by atoms with E-state index in [1.807, 2.05) is 36.4 Å². The highest BCUT2D eigenvalue weighted by atomic mass is 35.5. The summed E-state index contributed by atoms with van der Waals surface area (Å²) in [6, 6.07) is 19.8. The minimum atomic E-state index is -3.94. The van der Waals surface area contributed by atoms with Gasteiger partial charge in [-0.1, -0.05) is 65.8 Å². The lowest BCUT2D eigenvalue weighted by Gasteiger charge is -2.06. The summed E-state index contributed by atoms with van der Waals surface area (Å²) in [7, 11) is -3.94. The zero-order valence-corrected chi connectivity index (χ0v) is 16.9. The van der Waals surface area contributed by atoms with Gasteiger partial charge < -0.3 is 5.73 Å². The third kappa shape index (κ3) is 3.71. The van der Waals surface area contributed by atoms with Gasteiger partial charge in [-0.3, -0.25) is 0 Å². The van der Waals surface area contributed by atoms with Gasteiger partial charge in [0.2, 0.25) is 11.1 Å². The van der Waals surface area contributed by atoms with Crippen LogP contribution in [0.25, 0.3) is 10.8 Å². The Bertz CT molecular complexity index is 1250. The molecule has 0 spiro atoms. The normalized spacial score (nSPS) is 11.8. The molecule has 0 saturated carbocycles. The van der Waals surface area contributed by atoms with Crippen LogP contribution in [0.2, 0.25) is 5.02 Å². The van der Waals surface area contributed by atoms with Gasteiger partial charge in [-0.15, -0.1) is 9.19 Å². The molecule has 3 aromatic carbocycles. The van der Waals surface area contributed by atoms with Crippen molar-refractivity contribution in [3.8, 4) is 0 Å². The fourth-order valence-corrected chi connectivity index (χ4v) is 4.84. The minimum Gasteiger partial charge on any atom is -0.367 e. The number of anilines is 1. The Labute approximate surface area is 171 Å². The lowest BCUT2D eigenvalue weighted by atomic mass is 10.1. The van der Waals surface area contributed by atoms with Crippen LogP contribution in [0.15, 0.2) is 76.8 Å². The van der Waals surface area contributed by atoms with Crippen LogP contribution in [0.1, 0.15) is 5.56 Å². The topological polar surface area (TPSA) is 90.9 Å². The van der Waals surface area contributed by atoms with Gasteiger partial charge in [-0.25, -0.2) is 0 Å². The van der Waals surface area contributed by atoms with Crippen molar-refractivity contribution in [3.63, 3.8) is 0 Å². The molecule has 0 fully saturated rings. The number of aromatic nitrogens is 3. The summed E-state index contributed by atoms with van der Waals surface area (Å²) in [6.07, 6.45) is 0. The van der Waals surface area contributed by atoms with Crippen molar-refractivity contribution < 1.29 is 8.42 Å². The van der Waals surface area contributed by atoms with Gasteiger partial charge in [-0.2, -0.15) is 13.4 Å². The maximum absolute atomic E-state index is 13.0. The number of hydrogen-bond acceptors (Lipinski definition) is 6. The molecule has 0 radical (unpaired) electrons. The predicted molar refractivity (Wildman–Crippen MR) is 112 cm³/mol. The van der Waals surface area contributed by atoms with Gasteiger partial charge in [0.05, 0.1) is 4.90 Å². The van der Waals surface area contributed by atoms with Crippen molar-refractivity contribution in [2.24, 2.45) is 0 Å². The molecule has 0 amide bonds. The van der Waals surface area contributed by atoms with Crippen molar-refractivity contribution in [1.29, 1.82) is 0 Å². The van der Waals surface area contributed by atoms with Crippen LogP contribution in [-0.2, 0) is 15.8 Å². The highest BCUT2D eigenvalue weighted by Crippen LogP contribution is 2.25. The third-order valence-corrected chi connectivity index (χ3v) is 6.84. The quantitative estimate of drug-likeness (QED) is 0.477. The fourth-order valence-electron chi connectivity index (χ4n) is 2.69. The number of nitrogen functional groups attached to an aromatic ring is 1. The fraction of sp³-hybridized carbons (Fsp3) is 0.0526. The van der Waals surface area contributed by atoms with Gasteiger partial charge in [0.25, 0.3) is 10.0 Å². The Morgan fingerprint density at radius 1 is 1.00 bits per heavy atom. The first kappa shape index (κ1) is 18.8. The highest BCUT2D eigenvalue weighted by Gasteiger charge is 2.23. The summed E-state index contributed by atoms with van der Waals surface area (Å²) in [4.78, 5) is 4.19. The Morgan fingerprint density at radius 3 is 2.46 bits per heavy atom. The van der Waals surface area contributed by atoms with Crippen LogP contribution in [0.5, 0.6) is 0 Å². The molecule has 0 aliphatic carbocycles. The lowest BCUT2D eigenvalue weighted by molar-refractivity contribution is 0.580. The van der Waals surface area contributed by atoms with Crippen LogP contribution < -0.4 is 5.73 Å². The summed E-state index contributed by atoms with van der Waals surface area (Å²) in [5.41, 5.74) is 6.86. The second kappa shape index (κ2) is 7.46. The number of rotatable bonds is 5. The lowest BCUT2D eigenvalue weighted by Crippen LogP contribution is -2.17. The third-order valence-electron chi connectivity index (χ3n) is 4.11. The predicted octanol–water partition coefficient (Wildman–Crippen LogP) is 4.20. The number of nitrogens with two attached hydrogens (primary N) is 1. The van der Waals surface area contributed by atoms with Crippen LogP contribution >= 0.6 is 23.4 Å². The SMILES string of the molecule is Nc1nc(SCc2ccc(Cl)cc2)nn1S(=O)(=O)c1ccc2ccccc2c1. The number of hydrogen-bond donors (Lipinski definition) is 1. The van der Waals surface area contributed by atoms with Gasteiger partial charge in [-0.05, 0) is 40.6 Å². The standard InChI is InChI=1S/C19H15ClN4O2S2/c20-16-8-5-13(6-9-16)12-27-19-22-18(21)24(23-19)28(25,26)17-10-7-14-3-1-2-4-15(14)11-17/h1-11H,12H2,(H2,21,22,23). The van der Waals surface area contributed by atoms with E-state index in [9.17, 15) is 8.42 Å².